The lowest BCUT2D eigenvalue weighted by Gasteiger charge is -2.13. The minimum atomic E-state index is -0.286. The lowest BCUT2D eigenvalue weighted by molar-refractivity contribution is 0.0531. The van der Waals surface area contributed by atoms with E-state index in [1.54, 1.807) is 6.92 Å². The number of rotatable bonds is 5. The molecule has 0 radical (unpaired) electrons. The molecule has 7 heteroatoms. The molecular formula is C14H20N2O3S2. The average Bonchev–Trinajstić information content (AvgIpc) is 3.06. The fourth-order valence-electron chi connectivity index (χ4n) is 2.11. The van der Waals surface area contributed by atoms with Gasteiger partial charge in [-0.05, 0) is 50.5 Å². The Labute approximate surface area is 134 Å². The number of hydrogen-bond donors (Lipinski definition) is 2. The quantitative estimate of drug-likeness (QED) is 0.640. The Kier molecular flexibility index (Phi) is 5.96. The van der Waals surface area contributed by atoms with Gasteiger partial charge >= 0.3 is 5.97 Å². The maximum Gasteiger partial charge on any atom is 0.348 e. The number of thiophene rings is 1. The van der Waals surface area contributed by atoms with E-state index in [2.05, 4.69) is 10.6 Å². The van der Waals surface area contributed by atoms with Crippen LogP contribution in [0.2, 0.25) is 0 Å². The average molecular weight is 328 g/mol. The molecule has 1 saturated heterocycles. The Morgan fingerprint density at radius 3 is 3.10 bits per heavy atom. The molecule has 2 rings (SSSR count). The van der Waals surface area contributed by atoms with Gasteiger partial charge in [-0.3, -0.25) is 0 Å². The second-order valence-electron chi connectivity index (χ2n) is 4.81. The van der Waals surface area contributed by atoms with Crippen LogP contribution >= 0.6 is 23.6 Å². The number of esters is 1. The number of nitrogens with one attached hydrogen (secondary N) is 2. The van der Waals surface area contributed by atoms with E-state index in [1.807, 2.05) is 13.0 Å². The lowest BCUT2D eigenvalue weighted by atomic mass is 10.2. The molecule has 116 valence electrons. The first-order valence-corrected chi connectivity index (χ1v) is 8.26. The number of hydrogen-bond acceptors (Lipinski definition) is 5. The third kappa shape index (κ3) is 4.66. The third-order valence-corrected chi connectivity index (χ3v) is 4.51. The van der Waals surface area contributed by atoms with Crippen molar-refractivity contribution in [3.8, 4) is 0 Å². The second kappa shape index (κ2) is 7.72. The van der Waals surface area contributed by atoms with Crippen LogP contribution in [0.4, 0.5) is 5.00 Å². The molecular weight excluding hydrogens is 308 g/mol. The Bertz CT molecular complexity index is 510. The molecule has 1 fully saturated rings. The molecule has 2 heterocycles. The normalized spacial score (nSPS) is 17.5. The predicted molar refractivity (Wildman–Crippen MR) is 88.2 cm³/mol. The lowest BCUT2D eigenvalue weighted by Crippen LogP contribution is -2.34. The molecule has 0 saturated carbocycles. The number of anilines is 1. The van der Waals surface area contributed by atoms with E-state index in [0.29, 0.717) is 23.1 Å². The van der Waals surface area contributed by atoms with E-state index in [0.717, 1.165) is 30.0 Å². The molecule has 0 aliphatic carbocycles. The van der Waals surface area contributed by atoms with Crippen LogP contribution in [0.25, 0.3) is 0 Å². The molecule has 0 bridgehead atoms. The van der Waals surface area contributed by atoms with E-state index in [1.165, 1.54) is 11.3 Å². The molecule has 2 N–H and O–H groups in total. The molecule has 1 aromatic heterocycles. The minimum absolute atomic E-state index is 0.241. The van der Waals surface area contributed by atoms with E-state index < -0.39 is 0 Å². The first-order valence-electron chi connectivity index (χ1n) is 7.04. The summed E-state index contributed by atoms with van der Waals surface area (Å²) in [5, 5.41) is 7.62. The number of aryl methyl sites for hydroxylation is 1. The molecule has 1 aliphatic rings. The highest BCUT2D eigenvalue weighted by molar-refractivity contribution is 7.80. The number of carbonyl (C=O) groups excluding carboxylic acids is 1. The van der Waals surface area contributed by atoms with Gasteiger partial charge < -0.3 is 20.1 Å². The van der Waals surface area contributed by atoms with Crippen molar-refractivity contribution in [3.05, 3.63) is 16.5 Å². The van der Waals surface area contributed by atoms with E-state index in [9.17, 15) is 4.79 Å². The van der Waals surface area contributed by atoms with Crippen LogP contribution in [0.1, 0.15) is 35.0 Å². The monoisotopic (exact) mass is 328 g/mol. The molecule has 0 amide bonds. The van der Waals surface area contributed by atoms with Gasteiger partial charge in [0.2, 0.25) is 0 Å². The Morgan fingerprint density at radius 1 is 1.62 bits per heavy atom. The summed E-state index contributed by atoms with van der Waals surface area (Å²) < 4.78 is 10.5. The van der Waals surface area contributed by atoms with Crippen LogP contribution in [0.5, 0.6) is 0 Å². The smallest absolute Gasteiger partial charge is 0.348 e. The second-order valence-corrected chi connectivity index (χ2v) is 6.27. The summed E-state index contributed by atoms with van der Waals surface area (Å²) in [6.45, 7) is 5.60. The van der Waals surface area contributed by atoms with Gasteiger partial charge in [0, 0.05) is 13.2 Å². The van der Waals surface area contributed by atoms with Gasteiger partial charge in [-0.2, -0.15) is 0 Å². The maximum absolute atomic E-state index is 11.8. The first kappa shape index (κ1) is 16.2. The van der Waals surface area contributed by atoms with Crippen LogP contribution in [0.15, 0.2) is 6.07 Å². The molecule has 1 atom stereocenters. The summed E-state index contributed by atoms with van der Waals surface area (Å²) in [6, 6.07) is 1.90. The van der Waals surface area contributed by atoms with Crippen molar-refractivity contribution in [2.75, 3.05) is 25.1 Å². The molecule has 0 spiro atoms. The molecule has 0 aromatic carbocycles. The van der Waals surface area contributed by atoms with Crippen molar-refractivity contribution >= 4 is 39.6 Å². The molecule has 21 heavy (non-hydrogen) atoms. The highest BCUT2D eigenvalue weighted by atomic mass is 32.1. The Morgan fingerprint density at radius 2 is 2.43 bits per heavy atom. The van der Waals surface area contributed by atoms with Crippen LogP contribution in [-0.4, -0.2) is 36.9 Å². The molecule has 5 nitrogen and oxygen atoms in total. The van der Waals surface area contributed by atoms with Gasteiger partial charge in [0.05, 0.1) is 17.7 Å². The van der Waals surface area contributed by atoms with Gasteiger partial charge in [0.15, 0.2) is 5.11 Å². The third-order valence-electron chi connectivity index (χ3n) is 3.13. The summed E-state index contributed by atoms with van der Waals surface area (Å²) in [7, 11) is 0. The van der Waals surface area contributed by atoms with Gasteiger partial charge in [-0.25, -0.2) is 4.79 Å². The minimum Gasteiger partial charge on any atom is -0.462 e. The number of ether oxygens (including phenoxy) is 2. The summed E-state index contributed by atoms with van der Waals surface area (Å²) >= 11 is 6.60. The summed E-state index contributed by atoms with van der Waals surface area (Å²) in [5.74, 6) is -0.286. The van der Waals surface area contributed by atoms with Gasteiger partial charge in [0.25, 0.3) is 0 Å². The van der Waals surface area contributed by atoms with Crippen molar-refractivity contribution in [1.82, 2.24) is 5.32 Å². The molecule has 1 aliphatic heterocycles. The van der Waals surface area contributed by atoms with Crippen molar-refractivity contribution in [3.63, 3.8) is 0 Å². The Balaban J connectivity index is 1.85. The van der Waals surface area contributed by atoms with Crippen molar-refractivity contribution in [2.24, 2.45) is 0 Å². The number of thiocarbonyl (C=S) groups is 1. The van der Waals surface area contributed by atoms with Crippen LogP contribution < -0.4 is 10.6 Å². The predicted octanol–water partition coefficient (Wildman–Crippen LogP) is 2.70. The van der Waals surface area contributed by atoms with E-state index in [-0.39, 0.29) is 12.1 Å². The SMILES string of the molecule is CCOC(=O)c1sc(NC(=S)NC[C@@H]2CCCO2)cc1C. The van der Waals surface area contributed by atoms with E-state index in [4.69, 9.17) is 21.7 Å². The standard InChI is InChI=1S/C14H20N2O3S2/c1-3-18-13(17)12-9(2)7-11(21-12)16-14(20)15-8-10-5-4-6-19-10/h7,10H,3-6,8H2,1-2H3,(H2,15,16,20)/t10-/m0/s1. The van der Waals surface area contributed by atoms with E-state index >= 15 is 0 Å². The summed E-state index contributed by atoms with van der Waals surface area (Å²) in [5.41, 5.74) is 0.892. The zero-order valence-corrected chi connectivity index (χ0v) is 13.9. The zero-order chi connectivity index (χ0) is 15.2. The Hall–Kier alpha value is -1.18. The summed E-state index contributed by atoms with van der Waals surface area (Å²) in [4.78, 5) is 12.4. The van der Waals surface area contributed by atoms with Gasteiger partial charge in [-0.1, -0.05) is 0 Å². The van der Waals surface area contributed by atoms with Crippen molar-refractivity contribution in [2.45, 2.75) is 32.8 Å². The topological polar surface area (TPSA) is 59.6 Å². The fourth-order valence-corrected chi connectivity index (χ4v) is 3.34. The van der Waals surface area contributed by atoms with Crippen molar-refractivity contribution < 1.29 is 14.3 Å². The molecule has 0 unspecified atom stereocenters. The zero-order valence-electron chi connectivity index (χ0n) is 12.2. The van der Waals surface area contributed by atoms with Crippen LogP contribution in [0.3, 0.4) is 0 Å². The highest BCUT2D eigenvalue weighted by Gasteiger charge is 2.17. The van der Waals surface area contributed by atoms with Gasteiger partial charge in [0.1, 0.15) is 4.88 Å². The maximum atomic E-state index is 11.8. The molecule has 1 aromatic rings. The largest absolute Gasteiger partial charge is 0.462 e. The highest BCUT2D eigenvalue weighted by Crippen LogP contribution is 2.27. The number of carbonyl (C=O) groups is 1. The summed E-state index contributed by atoms with van der Waals surface area (Å²) in [6.07, 6.45) is 2.42. The van der Waals surface area contributed by atoms with Gasteiger partial charge in [-0.15, -0.1) is 11.3 Å². The van der Waals surface area contributed by atoms with Crippen LogP contribution in [-0.2, 0) is 9.47 Å². The van der Waals surface area contributed by atoms with Crippen molar-refractivity contribution in [1.29, 1.82) is 0 Å². The fraction of sp³-hybridized carbons (Fsp3) is 0.571. The van der Waals surface area contributed by atoms with Crippen LogP contribution in [0, 0.1) is 6.92 Å². The first-order chi connectivity index (χ1) is 10.1.